The summed E-state index contributed by atoms with van der Waals surface area (Å²) >= 11 is 0. The van der Waals surface area contributed by atoms with Gasteiger partial charge in [-0.05, 0) is 65.9 Å². The molecule has 3 aliphatic rings. The Morgan fingerprint density at radius 1 is 0.514 bits per heavy atom. The maximum atomic E-state index is 2.62. The third-order valence-corrected chi connectivity index (χ3v) is 15.5. The number of hydrogen-bond donors (Lipinski definition) is 0. The molecule has 4 unspecified atom stereocenters. The van der Waals surface area contributed by atoms with Crippen LogP contribution in [0.15, 0.2) is 121 Å². The van der Waals surface area contributed by atoms with Crippen molar-refractivity contribution in [2.24, 2.45) is 16.7 Å². The van der Waals surface area contributed by atoms with E-state index < -0.39 is 15.8 Å². The molecular formula is C33H34P2. The van der Waals surface area contributed by atoms with Crippen LogP contribution in [0.1, 0.15) is 27.2 Å². The Kier molecular flexibility index (Phi) is 5.95. The van der Waals surface area contributed by atoms with E-state index in [1.54, 1.807) is 0 Å². The predicted molar refractivity (Wildman–Crippen MR) is 156 cm³/mol. The van der Waals surface area contributed by atoms with Gasteiger partial charge in [0.2, 0.25) is 0 Å². The van der Waals surface area contributed by atoms with Crippen molar-refractivity contribution in [3.63, 3.8) is 0 Å². The van der Waals surface area contributed by atoms with Crippen LogP contribution < -0.4 is 21.2 Å². The maximum absolute atomic E-state index is 2.62. The van der Waals surface area contributed by atoms with Gasteiger partial charge in [-0.25, -0.2) is 0 Å². The Morgan fingerprint density at radius 3 is 1.20 bits per heavy atom. The summed E-state index contributed by atoms with van der Waals surface area (Å²) in [5.41, 5.74) is 2.00. The Balaban J connectivity index is 1.58. The molecule has 3 aliphatic carbocycles. The minimum Gasteiger partial charge on any atom is -0.0622 e. The third kappa shape index (κ3) is 3.65. The molecule has 3 saturated carbocycles. The average Bonchev–Trinajstić information content (AvgIpc) is 3.30. The molecule has 0 heterocycles. The van der Waals surface area contributed by atoms with Gasteiger partial charge in [0.15, 0.2) is 0 Å². The molecular weight excluding hydrogens is 458 g/mol. The predicted octanol–water partition coefficient (Wildman–Crippen LogP) is 7.06. The van der Waals surface area contributed by atoms with E-state index in [1.807, 2.05) is 0 Å². The van der Waals surface area contributed by atoms with Crippen molar-refractivity contribution in [3.05, 3.63) is 121 Å². The van der Waals surface area contributed by atoms with Gasteiger partial charge in [-0.3, -0.25) is 0 Å². The molecule has 2 bridgehead atoms. The standard InChI is InChI=1S/C33H34P2/c1-32(2)29-24-33(32,3)31(35(27-20-12-6-13-21-27)28-22-14-7-15-23-28)30(29)34(25-16-8-4-9-17-25)26-18-10-5-11-19-26/h4-23,29-31H,24H2,1-3H3. The minimum absolute atomic E-state index is 0.337. The van der Waals surface area contributed by atoms with Crippen molar-refractivity contribution in [2.45, 2.75) is 38.5 Å². The van der Waals surface area contributed by atoms with Crippen molar-refractivity contribution in [1.29, 1.82) is 0 Å². The molecule has 0 N–H and O–H groups in total. The van der Waals surface area contributed by atoms with Crippen LogP contribution in [0.4, 0.5) is 0 Å². The van der Waals surface area contributed by atoms with Gasteiger partial charge in [-0.1, -0.05) is 142 Å². The van der Waals surface area contributed by atoms with Gasteiger partial charge < -0.3 is 0 Å². The zero-order chi connectivity index (χ0) is 24.0. The van der Waals surface area contributed by atoms with Crippen molar-refractivity contribution >= 4 is 37.1 Å². The lowest BCUT2D eigenvalue weighted by molar-refractivity contribution is -0.0368. The quantitative estimate of drug-likeness (QED) is 0.253. The van der Waals surface area contributed by atoms with Gasteiger partial charge in [0.05, 0.1) is 0 Å². The van der Waals surface area contributed by atoms with Gasteiger partial charge in [0.25, 0.3) is 0 Å². The van der Waals surface area contributed by atoms with E-state index in [-0.39, 0.29) is 0 Å². The summed E-state index contributed by atoms with van der Waals surface area (Å²) in [4.78, 5) is 0. The molecule has 3 fully saturated rings. The van der Waals surface area contributed by atoms with Gasteiger partial charge >= 0.3 is 0 Å². The second-order valence-corrected chi connectivity index (χ2v) is 15.7. The van der Waals surface area contributed by atoms with Crippen LogP contribution in [0.3, 0.4) is 0 Å². The summed E-state index contributed by atoms with van der Waals surface area (Å²) in [7, 11) is -0.969. The highest BCUT2D eigenvalue weighted by Crippen LogP contribution is 2.81. The van der Waals surface area contributed by atoms with Crippen LogP contribution in [-0.4, -0.2) is 11.3 Å². The molecule has 35 heavy (non-hydrogen) atoms. The average molecular weight is 493 g/mol. The van der Waals surface area contributed by atoms with Crippen LogP contribution in [0.2, 0.25) is 0 Å². The Morgan fingerprint density at radius 2 is 0.857 bits per heavy atom. The fraction of sp³-hybridized carbons (Fsp3) is 0.273. The molecule has 2 heteroatoms. The summed E-state index contributed by atoms with van der Waals surface area (Å²) in [5, 5.41) is 6.13. The smallest absolute Gasteiger partial charge is 0.000699 e. The minimum atomic E-state index is -0.493. The molecule has 0 aromatic heterocycles. The molecule has 0 spiro atoms. The Labute approximate surface area is 213 Å². The lowest BCUT2D eigenvalue weighted by atomic mass is 9.52. The van der Waals surface area contributed by atoms with Gasteiger partial charge in [-0.2, -0.15) is 0 Å². The summed E-state index contributed by atoms with van der Waals surface area (Å²) < 4.78 is 0. The van der Waals surface area contributed by atoms with Crippen LogP contribution in [0, 0.1) is 16.7 Å². The van der Waals surface area contributed by atoms with Crippen molar-refractivity contribution in [1.82, 2.24) is 0 Å². The lowest BCUT2D eigenvalue weighted by Crippen LogP contribution is -2.49. The zero-order valence-corrected chi connectivity index (χ0v) is 22.7. The highest BCUT2D eigenvalue weighted by molar-refractivity contribution is 7.77. The molecule has 4 aromatic rings. The first-order chi connectivity index (χ1) is 17.0. The second-order valence-electron chi connectivity index (χ2n) is 11.0. The molecule has 0 amide bonds. The number of benzene rings is 4. The lowest BCUT2D eigenvalue weighted by Gasteiger charge is -2.55. The molecule has 0 nitrogen and oxygen atoms in total. The molecule has 0 saturated heterocycles. The topological polar surface area (TPSA) is 0 Å². The fourth-order valence-electron chi connectivity index (χ4n) is 6.99. The highest BCUT2D eigenvalue weighted by Gasteiger charge is 2.73. The molecule has 7 rings (SSSR count). The van der Waals surface area contributed by atoms with Gasteiger partial charge in [-0.15, -0.1) is 0 Å². The highest BCUT2D eigenvalue weighted by atomic mass is 31.1. The van der Waals surface area contributed by atoms with E-state index in [0.29, 0.717) is 22.1 Å². The second kappa shape index (κ2) is 9.00. The molecule has 4 atom stereocenters. The molecule has 0 radical (unpaired) electrons. The Bertz CT molecular complexity index is 1190. The first-order valence-electron chi connectivity index (χ1n) is 12.8. The van der Waals surface area contributed by atoms with E-state index in [4.69, 9.17) is 0 Å². The fourth-order valence-corrected chi connectivity index (χ4v) is 14.7. The van der Waals surface area contributed by atoms with E-state index in [0.717, 1.165) is 5.92 Å². The summed E-state index contributed by atoms with van der Waals surface area (Å²) in [6.07, 6.45) is 1.35. The normalized spacial score (nSPS) is 26.6. The van der Waals surface area contributed by atoms with Crippen molar-refractivity contribution in [2.75, 3.05) is 0 Å². The first-order valence-corrected chi connectivity index (χ1v) is 15.6. The van der Waals surface area contributed by atoms with Crippen LogP contribution in [0.25, 0.3) is 0 Å². The Hall–Kier alpha value is -2.26. The number of fused-ring (bicyclic) bond motifs is 1. The monoisotopic (exact) mass is 492 g/mol. The van der Waals surface area contributed by atoms with Crippen molar-refractivity contribution < 1.29 is 0 Å². The molecule has 176 valence electrons. The largest absolute Gasteiger partial charge is 0.0622 e. The summed E-state index contributed by atoms with van der Waals surface area (Å²) in [6, 6.07) is 45.8. The first kappa shape index (κ1) is 23.2. The summed E-state index contributed by atoms with van der Waals surface area (Å²) in [5.74, 6) is 0.751. The SMILES string of the molecule is CC1(C)C2CC1(C)C(P(c1ccccc1)c1ccccc1)C2P(c1ccccc1)c1ccccc1. The van der Waals surface area contributed by atoms with Crippen LogP contribution >= 0.6 is 15.8 Å². The number of hydrogen-bond acceptors (Lipinski definition) is 0. The van der Waals surface area contributed by atoms with Gasteiger partial charge in [0, 0.05) is 5.66 Å². The zero-order valence-electron chi connectivity index (χ0n) is 20.9. The van der Waals surface area contributed by atoms with E-state index in [2.05, 4.69) is 142 Å². The maximum Gasteiger partial charge on any atom is 0.000699 e. The van der Waals surface area contributed by atoms with Crippen LogP contribution in [-0.2, 0) is 0 Å². The third-order valence-electron chi connectivity index (χ3n) is 9.15. The molecule has 4 aromatic carbocycles. The summed E-state index contributed by atoms with van der Waals surface area (Å²) in [6.45, 7) is 7.77. The molecule has 0 aliphatic heterocycles. The van der Waals surface area contributed by atoms with Crippen LogP contribution in [0.5, 0.6) is 0 Å². The van der Waals surface area contributed by atoms with Gasteiger partial charge in [0.1, 0.15) is 0 Å². The van der Waals surface area contributed by atoms with E-state index in [9.17, 15) is 0 Å². The van der Waals surface area contributed by atoms with E-state index in [1.165, 1.54) is 27.6 Å². The van der Waals surface area contributed by atoms with E-state index >= 15 is 0 Å². The number of rotatable bonds is 6. The van der Waals surface area contributed by atoms with Crippen molar-refractivity contribution in [3.8, 4) is 0 Å².